The third-order valence-electron chi connectivity index (χ3n) is 8.52. The van der Waals surface area contributed by atoms with E-state index in [1.54, 1.807) is 13.8 Å². The predicted octanol–water partition coefficient (Wildman–Crippen LogP) is 12.1. The number of hydrogen-bond donors (Lipinski definition) is 4. The number of carbonyl (C=O) groups excluding carboxylic acids is 6. The highest BCUT2D eigenvalue weighted by Gasteiger charge is 2.26. The van der Waals surface area contributed by atoms with Crippen molar-refractivity contribution >= 4 is 139 Å². The minimum absolute atomic E-state index is 0.0259. The zero-order valence-electron chi connectivity index (χ0n) is 32.7. The summed E-state index contributed by atoms with van der Waals surface area (Å²) in [7, 11) is 0. The Morgan fingerprint density at radius 2 is 0.823 bits per heavy atom. The molecular weight excluding hydrogens is 925 g/mol. The quantitative estimate of drug-likeness (QED) is 0.0630. The van der Waals surface area contributed by atoms with Crippen molar-refractivity contribution < 1.29 is 28.8 Å². The van der Waals surface area contributed by atoms with Crippen LogP contribution in [-0.4, -0.2) is 47.3 Å². The van der Waals surface area contributed by atoms with Gasteiger partial charge in [-0.1, -0.05) is 69.6 Å². The number of nitrogens with zero attached hydrogens (tertiary/aromatic N) is 4. The van der Waals surface area contributed by atoms with Gasteiger partial charge in [-0.05, 0) is 124 Å². The number of carbonyl (C=O) groups is 6. The van der Waals surface area contributed by atoms with Gasteiger partial charge in [-0.25, -0.2) is 0 Å². The number of halogens is 6. The molecule has 0 saturated heterocycles. The van der Waals surface area contributed by atoms with Gasteiger partial charge in [0.15, 0.2) is 11.6 Å². The van der Waals surface area contributed by atoms with Crippen LogP contribution in [0.5, 0.6) is 0 Å². The van der Waals surface area contributed by atoms with Gasteiger partial charge in [-0.3, -0.25) is 28.8 Å². The van der Waals surface area contributed by atoms with E-state index in [0.29, 0.717) is 48.3 Å². The summed E-state index contributed by atoms with van der Waals surface area (Å²) in [5, 5.41) is 28.0. The van der Waals surface area contributed by atoms with Crippen LogP contribution < -0.4 is 21.3 Å². The molecule has 0 fully saturated rings. The van der Waals surface area contributed by atoms with Gasteiger partial charge in [-0.15, -0.1) is 0 Å². The number of ketones is 2. The molecule has 318 valence electrons. The normalized spacial score (nSPS) is 12.2. The van der Waals surface area contributed by atoms with Crippen molar-refractivity contribution in [1.82, 2.24) is 0 Å². The summed E-state index contributed by atoms with van der Waals surface area (Å²) < 4.78 is 0. The average molecular weight is 957 g/mol. The maximum atomic E-state index is 13.4. The molecule has 2 atom stereocenters. The molecule has 0 saturated carbocycles. The second-order valence-corrected chi connectivity index (χ2v) is 16.0. The van der Waals surface area contributed by atoms with Gasteiger partial charge in [0.2, 0.25) is 12.1 Å². The molecule has 4 N–H and O–H groups in total. The minimum atomic E-state index is -1.58. The molecule has 0 aromatic heterocycles. The second kappa shape index (κ2) is 20.9. The highest BCUT2D eigenvalue weighted by molar-refractivity contribution is 6.37. The topological polar surface area (TPSA) is 200 Å². The van der Waals surface area contributed by atoms with Crippen LogP contribution in [0.1, 0.15) is 45.7 Å². The lowest BCUT2D eigenvalue weighted by molar-refractivity contribution is -0.127. The number of nitrogens with one attached hydrogen (secondary N) is 4. The van der Waals surface area contributed by atoms with E-state index in [-0.39, 0.29) is 38.2 Å². The smallest absolute Gasteiger partial charge is 0.258 e. The lowest BCUT2D eigenvalue weighted by Crippen LogP contribution is -2.33. The van der Waals surface area contributed by atoms with Crippen molar-refractivity contribution in [3.05, 3.63) is 137 Å². The summed E-state index contributed by atoms with van der Waals surface area (Å²) in [6.45, 7) is 5.64. The molecule has 4 amide bonds. The van der Waals surface area contributed by atoms with Crippen LogP contribution >= 0.6 is 69.6 Å². The van der Waals surface area contributed by atoms with Crippen molar-refractivity contribution in [3.63, 3.8) is 0 Å². The van der Waals surface area contributed by atoms with Gasteiger partial charge in [-0.2, -0.15) is 20.5 Å². The maximum absolute atomic E-state index is 13.4. The molecule has 62 heavy (non-hydrogen) atoms. The largest absolute Gasteiger partial charge is 0.324 e. The van der Waals surface area contributed by atoms with Gasteiger partial charge < -0.3 is 21.3 Å². The number of amides is 4. The molecule has 0 aliphatic carbocycles. The van der Waals surface area contributed by atoms with Crippen molar-refractivity contribution in [2.45, 2.75) is 39.8 Å². The van der Waals surface area contributed by atoms with Crippen molar-refractivity contribution in [2.75, 3.05) is 21.3 Å². The van der Waals surface area contributed by atoms with Crippen molar-refractivity contribution in [1.29, 1.82) is 0 Å². The Kier molecular flexibility index (Phi) is 15.9. The Morgan fingerprint density at radius 1 is 0.468 bits per heavy atom. The molecular formula is C42H32Cl6N8O6. The number of benzene rings is 5. The zero-order valence-corrected chi connectivity index (χ0v) is 37.3. The van der Waals surface area contributed by atoms with E-state index in [4.69, 9.17) is 69.6 Å². The summed E-state index contributed by atoms with van der Waals surface area (Å²) in [4.78, 5) is 77.9. The number of aryl methyl sites for hydroxylation is 2. The van der Waals surface area contributed by atoms with Gasteiger partial charge in [0.25, 0.3) is 23.6 Å². The molecule has 2 unspecified atom stereocenters. The third kappa shape index (κ3) is 12.7. The Morgan fingerprint density at radius 3 is 1.19 bits per heavy atom. The molecule has 0 heterocycles. The average Bonchev–Trinajstić information content (AvgIpc) is 3.16. The van der Waals surface area contributed by atoms with Crippen LogP contribution in [-0.2, 0) is 19.2 Å². The zero-order chi connectivity index (χ0) is 45.4. The first-order valence-corrected chi connectivity index (χ1v) is 20.2. The van der Waals surface area contributed by atoms with Crippen LogP contribution in [0.15, 0.2) is 105 Å². The monoisotopic (exact) mass is 954 g/mol. The first kappa shape index (κ1) is 47.3. The fraction of sp³-hybridized carbons (Fsp3) is 0.143. The Hall–Kier alpha value is -5.74. The summed E-state index contributed by atoms with van der Waals surface area (Å²) >= 11 is 36.7. The van der Waals surface area contributed by atoms with Crippen LogP contribution in [0.3, 0.4) is 0 Å². The highest BCUT2D eigenvalue weighted by atomic mass is 35.5. The molecule has 0 radical (unpaired) electrons. The summed E-state index contributed by atoms with van der Waals surface area (Å²) in [5.41, 5.74) is 2.50. The van der Waals surface area contributed by atoms with E-state index in [2.05, 4.69) is 41.7 Å². The standard InChI is InChI=1S/C42H32Cl6N8O6/c1-19-9-29(51-41(61)37(21(3)57)55-53-27-5-7-34(47)32(17-27)39(59)49-30-13-23(43)11-24(44)14-30)10-20(2)36(19)52-42(62)38(22(4)58)56-54-28-6-8-35(48)33(18-28)40(60)50-31-15-25(45)12-26(46)16-31/h5-18,37-38H,1-4H3,(H,49,59)(H,50,60)(H,51,61)(H,52,62). The lowest BCUT2D eigenvalue weighted by atomic mass is 10.1. The first-order valence-electron chi connectivity index (χ1n) is 18.0. The molecule has 5 aromatic carbocycles. The minimum Gasteiger partial charge on any atom is -0.324 e. The molecule has 14 nitrogen and oxygen atoms in total. The van der Waals surface area contributed by atoms with E-state index >= 15 is 0 Å². The maximum Gasteiger partial charge on any atom is 0.258 e. The highest BCUT2D eigenvalue weighted by Crippen LogP contribution is 2.30. The van der Waals surface area contributed by atoms with Gasteiger partial charge in [0, 0.05) is 42.8 Å². The Balaban J connectivity index is 1.26. The fourth-order valence-electron chi connectivity index (χ4n) is 5.67. The number of rotatable bonds is 14. The third-order valence-corrected chi connectivity index (χ3v) is 10.1. The molecule has 20 heteroatoms. The van der Waals surface area contributed by atoms with Crippen molar-refractivity contribution in [3.8, 4) is 0 Å². The summed E-state index contributed by atoms with van der Waals surface area (Å²) in [6, 6.07) is 17.3. The number of anilines is 4. The lowest BCUT2D eigenvalue weighted by Gasteiger charge is -2.17. The van der Waals surface area contributed by atoms with E-state index in [0.717, 1.165) is 0 Å². The molecule has 0 spiro atoms. The molecule has 0 aliphatic heterocycles. The Bertz CT molecular complexity index is 2650. The number of Topliss-reactive ketones (excluding diaryl/α,β-unsaturated/α-hetero) is 2. The van der Waals surface area contributed by atoms with Gasteiger partial charge in [0.1, 0.15) is 0 Å². The van der Waals surface area contributed by atoms with E-state index in [1.165, 1.54) is 98.8 Å². The predicted molar refractivity (Wildman–Crippen MR) is 243 cm³/mol. The molecule has 0 aliphatic rings. The number of azo groups is 2. The summed E-state index contributed by atoms with van der Waals surface area (Å²) in [6.07, 6.45) is 0. The fourth-order valence-corrected chi connectivity index (χ4v) is 7.13. The van der Waals surface area contributed by atoms with Crippen LogP contribution in [0, 0.1) is 13.8 Å². The second-order valence-electron chi connectivity index (χ2n) is 13.5. The van der Waals surface area contributed by atoms with E-state index < -0.39 is 47.3 Å². The molecule has 5 aromatic rings. The van der Waals surface area contributed by atoms with Crippen LogP contribution in [0.25, 0.3) is 0 Å². The molecule has 5 rings (SSSR count). The molecule has 0 bridgehead atoms. The van der Waals surface area contributed by atoms with Gasteiger partial charge in [0.05, 0.1) is 32.5 Å². The van der Waals surface area contributed by atoms with E-state index in [9.17, 15) is 28.8 Å². The SMILES string of the molecule is CC(=O)C(N=Nc1ccc(Cl)c(C(=O)Nc2cc(Cl)cc(Cl)c2)c1)C(=O)Nc1cc(C)c(NC(=O)C(N=Nc2ccc(Cl)c(C(=O)Nc3cc(Cl)cc(Cl)c3)c2)C(C)=O)c(C)c1. The van der Waals surface area contributed by atoms with Crippen LogP contribution in [0.4, 0.5) is 34.1 Å². The van der Waals surface area contributed by atoms with Crippen molar-refractivity contribution in [2.24, 2.45) is 20.5 Å². The van der Waals surface area contributed by atoms with Gasteiger partial charge >= 0.3 is 0 Å². The Labute approximate surface area is 384 Å². The van der Waals surface area contributed by atoms with Crippen LogP contribution in [0.2, 0.25) is 30.1 Å². The summed E-state index contributed by atoms with van der Waals surface area (Å²) in [5.74, 6) is -4.07. The van der Waals surface area contributed by atoms with E-state index in [1.807, 2.05) is 0 Å². The first-order chi connectivity index (χ1) is 29.3. The number of hydrogen-bond acceptors (Lipinski definition) is 10.